The molecule has 1 saturated heterocycles. The molecule has 0 unspecified atom stereocenters. The molecule has 3 rings (SSSR count). The lowest BCUT2D eigenvalue weighted by Crippen LogP contribution is -2.50. The number of carbonyl (C=O) groups excluding carboxylic acids is 2. The van der Waals surface area contributed by atoms with Gasteiger partial charge >= 0.3 is 0 Å². The molecule has 2 aromatic rings. The van der Waals surface area contributed by atoms with Crippen molar-refractivity contribution in [3.63, 3.8) is 0 Å². The average Bonchev–Trinajstić information content (AvgIpc) is 2.94. The third-order valence-corrected chi connectivity index (χ3v) is 6.98. The molecule has 33 heavy (non-hydrogen) atoms. The second kappa shape index (κ2) is 11.8. The molecular weight excluding hydrogens is 436 g/mol. The molecule has 0 spiro atoms. The third kappa shape index (κ3) is 6.69. The van der Waals surface area contributed by atoms with E-state index in [-0.39, 0.29) is 23.9 Å². The minimum atomic E-state index is -0.311. The zero-order valence-electron chi connectivity index (χ0n) is 19.9. The van der Waals surface area contributed by atoms with Crippen molar-refractivity contribution in [3.05, 3.63) is 47.0 Å². The highest BCUT2D eigenvalue weighted by Crippen LogP contribution is 2.21. The predicted molar refractivity (Wildman–Crippen MR) is 135 cm³/mol. The molecule has 7 heteroatoms. The monoisotopic (exact) mass is 472 g/mol. The number of amides is 2. The fourth-order valence-electron chi connectivity index (χ4n) is 4.57. The molecule has 0 saturated carbocycles. The molecule has 0 radical (unpaired) electrons. The van der Waals surface area contributed by atoms with Gasteiger partial charge in [0.05, 0.1) is 6.04 Å². The Morgan fingerprint density at radius 1 is 1.24 bits per heavy atom. The smallest absolute Gasteiger partial charge is 0.251 e. The molecular formula is C26H37ClN4O2. The number of hydrogen-bond acceptors (Lipinski definition) is 4. The Kier molecular flexibility index (Phi) is 9.12. The van der Waals surface area contributed by atoms with Crippen LogP contribution in [0.15, 0.2) is 36.4 Å². The first-order valence-electron chi connectivity index (χ1n) is 12.0. The van der Waals surface area contributed by atoms with Gasteiger partial charge in [-0.3, -0.25) is 9.59 Å². The van der Waals surface area contributed by atoms with Crippen LogP contribution < -0.4 is 16.4 Å². The Morgan fingerprint density at radius 3 is 2.67 bits per heavy atom. The van der Waals surface area contributed by atoms with Crippen LogP contribution in [0.5, 0.6) is 0 Å². The van der Waals surface area contributed by atoms with E-state index in [1.54, 1.807) is 0 Å². The van der Waals surface area contributed by atoms with Crippen molar-refractivity contribution in [2.24, 2.45) is 17.6 Å². The highest BCUT2D eigenvalue weighted by atomic mass is 35.5. The summed E-state index contributed by atoms with van der Waals surface area (Å²) in [6.07, 6.45) is 2.43. The van der Waals surface area contributed by atoms with Crippen LogP contribution in [0.25, 0.3) is 10.8 Å². The average molecular weight is 473 g/mol. The third-order valence-electron chi connectivity index (χ3n) is 6.75. The number of nitrogens with two attached hydrogens (primary N) is 1. The van der Waals surface area contributed by atoms with Crippen LogP contribution in [0.2, 0.25) is 5.02 Å². The Labute approximate surface area is 202 Å². The van der Waals surface area contributed by atoms with Crippen molar-refractivity contribution in [3.8, 4) is 0 Å². The summed E-state index contributed by atoms with van der Waals surface area (Å²) in [4.78, 5) is 28.0. The molecule has 180 valence electrons. The summed E-state index contributed by atoms with van der Waals surface area (Å²) in [6, 6.07) is 10.9. The normalized spacial score (nSPS) is 20.2. The van der Waals surface area contributed by atoms with Gasteiger partial charge in [-0.25, -0.2) is 0 Å². The fourth-order valence-corrected chi connectivity index (χ4v) is 4.75. The van der Waals surface area contributed by atoms with E-state index in [1.165, 1.54) is 0 Å². The largest absolute Gasteiger partial charge is 0.350 e. The van der Waals surface area contributed by atoms with Crippen molar-refractivity contribution in [2.75, 3.05) is 26.2 Å². The second-order valence-electron chi connectivity index (χ2n) is 9.40. The molecule has 3 atom stereocenters. The molecule has 2 amide bonds. The number of benzene rings is 2. The van der Waals surface area contributed by atoms with Gasteiger partial charge in [0, 0.05) is 36.3 Å². The van der Waals surface area contributed by atoms with Crippen LogP contribution in [0.4, 0.5) is 0 Å². The molecule has 0 aromatic heterocycles. The SMILES string of the molecule is CC[C@H](CN1CC[C@H](CNC(=O)c2ccc3cc(Cl)ccc3c2)N[C@H](CCN)C1=O)C(C)C. The van der Waals surface area contributed by atoms with Crippen LogP contribution >= 0.6 is 11.6 Å². The topological polar surface area (TPSA) is 87.5 Å². The minimum absolute atomic E-state index is 0.0119. The molecule has 0 aliphatic carbocycles. The summed E-state index contributed by atoms with van der Waals surface area (Å²) in [7, 11) is 0. The Morgan fingerprint density at radius 2 is 1.97 bits per heavy atom. The molecule has 1 heterocycles. The number of nitrogens with zero attached hydrogens (tertiary/aromatic N) is 1. The molecule has 4 N–H and O–H groups in total. The number of fused-ring (bicyclic) bond motifs is 1. The summed E-state index contributed by atoms with van der Waals surface area (Å²) in [5, 5.41) is 9.15. The van der Waals surface area contributed by atoms with Crippen LogP contribution in [-0.4, -0.2) is 55.0 Å². The first-order chi connectivity index (χ1) is 15.8. The van der Waals surface area contributed by atoms with Crippen molar-refractivity contribution >= 4 is 34.2 Å². The molecule has 0 bridgehead atoms. The van der Waals surface area contributed by atoms with E-state index in [9.17, 15) is 9.59 Å². The van der Waals surface area contributed by atoms with E-state index in [1.807, 2.05) is 41.3 Å². The van der Waals surface area contributed by atoms with Crippen LogP contribution in [0.1, 0.15) is 50.4 Å². The number of carbonyl (C=O) groups is 2. The summed E-state index contributed by atoms with van der Waals surface area (Å²) in [5.74, 6) is 1.01. The van der Waals surface area contributed by atoms with E-state index in [4.69, 9.17) is 17.3 Å². The van der Waals surface area contributed by atoms with E-state index in [0.717, 1.165) is 30.2 Å². The van der Waals surface area contributed by atoms with Gasteiger partial charge in [0.15, 0.2) is 0 Å². The van der Waals surface area contributed by atoms with Gasteiger partial charge in [0.25, 0.3) is 5.91 Å². The first kappa shape index (κ1) is 25.5. The maximum Gasteiger partial charge on any atom is 0.251 e. The number of halogens is 1. The minimum Gasteiger partial charge on any atom is -0.350 e. The zero-order chi connectivity index (χ0) is 24.0. The Balaban J connectivity index is 1.64. The zero-order valence-corrected chi connectivity index (χ0v) is 20.7. The number of rotatable bonds is 9. The number of nitrogens with one attached hydrogen (secondary N) is 2. The molecule has 2 aromatic carbocycles. The standard InChI is InChI=1S/C26H37ClN4O2/c1-4-18(17(2)3)16-31-12-10-23(30-24(9-11-28)26(31)33)15-29-25(32)21-6-5-20-14-22(27)8-7-19(20)13-21/h5-8,13-14,17-18,23-24,30H,4,9-12,15-16,28H2,1-3H3,(H,29,32)/t18-,23-,24-/m1/s1. The maximum atomic E-state index is 13.2. The van der Waals surface area contributed by atoms with Gasteiger partial charge in [-0.1, -0.05) is 50.9 Å². The van der Waals surface area contributed by atoms with Crippen molar-refractivity contribution in [1.82, 2.24) is 15.5 Å². The summed E-state index contributed by atoms with van der Waals surface area (Å²) in [5.41, 5.74) is 6.41. The summed E-state index contributed by atoms with van der Waals surface area (Å²) >= 11 is 6.05. The lowest BCUT2D eigenvalue weighted by Gasteiger charge is -2.30. The lowest BCUT2D eigenvalue weighted by atomic mass is 9.92. The molecule has 1 aliphatic rings. The summed E-state index contributed by atoms with van der Waals surface area (Å²) in [6.45, 7) is 8.98. The number of hydrogen-bond donors (Lipinski definition) is 3. The van der Waals surface area contributed by atoms with Crippen LogP contribution in [-0.2, 0) is 4.79 Å². The van der Waals surface area contributed by atoms with Gasteiger partial charge in [-0.2, -0.15) is 0 Å². The quantitative estimate of drug-likeness (QED) is 0.517. The van der Waals surface area contributed by atoms with Crippen molar-refractivity contribution in [2.45, 2.75) is 52.1 Å². The van der Waals surface area contributed by atoms with Gasteiger partial charge < -0.3 is 21.3 Å². The Hall–Kier alpha value is -2.15. The van der Waals surface area contributed by atoms with Gasteiger partial charge in [-0.05, 0) is 66.3 Å². The van der Waals surface area contributed by atoms with Crippen LogP contribution in [0.3, 0.4) is 0 Å². The van der Waals surface area contributed by atoms with E-state index in [2.05, 4.69) is 31.4 Å². The van der Waals surface area contributed by atoms with Gasteiger partial charge in [-0.15, -0.1) is 0 Å². The predicted octanol–water partition coefficient (Wildman–Crippen LogP) is 3.81. The maximum absolute atomic E-state index is 13.2. The van der Waals surface area contributed by atoms with Crippen molar-refractivity contribution < 1.29 is 9.59 Å². The highest BCUT2D eigenvalue weighted by Gasteiger charge is 2.31. The molecule has 1 fully saturated rings. The van der Waals surface area contributed by atoms with E-state index < -0.39 is 0 Å². The highest BCUT2D eigenvalue weighted by molar-refractivity contribution is 6.31. The fraction of sp³-hybridized carbons (Fsp3) is 0.538. The van der Waals surface area contributed by atoms with E-state index >= 15 is 0 Å². The van der Waals surface area contributed by atoms with Crippen molar-refractivity contribution in [1.29, 1.82) is 0 Å². The molecule has 1 aliphatic heterocycles. The second-order valence-corrected chi connectivity index (χ2v) is 9.83. The van der Waals surface area contributed by atoms with Gasteiger partial charge in [0.1, 0.15) is 0 Å². The molecule has 6 nitrogen and oxygen atoms in total. The first-order valence-corrected chi connectivity index (χ1v) is 12.4. The van der Waals surface area contributed by atoms with E-state index in [0.29, 0.717) is 48.5 Å². The Bertz CT molecular complexity index is 964. The van der Waals surface area contributed by atoms with Crippen LogP contribution in [0, 0.1) is 11.8 Å². The lowest BCUT2D eigenvalue weighted by molar-refractivity contribution is -0.133. The van der Waals surface area contributed by atoms with Gasteiger partial charge in [0.2, 0.25) is 5.91 Å². The summed E-state index contributed by atoms with van der Waals surface area (Å²) < 4.78 is 0.